The normalized spacial score (nSPS) is 17.9. The standard InChI is InChI=1S/C12H12Br3F3N2O.ClH/c13-6-5-7(14)10(21)9(15)8(6)11(12(16,17)18)20-3-1-19-2-4-20;/h5,11,19,21H,1-4H2;1H/t11-;/m1./s1. The Bertz CT molecular complexity index is 539. The number of phenols is 1. The Kier molecular flexibility index (Phi) is 7.48. The fourth-order valence-corrected chi connectivity index (χ4v) is 4.89. The predicted octanol–water partition coefficient (Wildman–Crippen LogP) is 4.61. The highest BCUT2D eigenvalue weighted by atomic mass is 79.9. The molecule has 1 saturated heterocycles. The van der Waals surface area contributed by atoms with Gasteiger partial charge in [-0.3, -0.25) is 4.90 Å². The van der Waals surface area contributed by atoms with Crippen molar-refractivity contribution in [1.29, 1.82) is 0 Å². The van der Waals surface area contributed by atoms with E-state index in [2.05, 4.69) is 53.1 Å². The van der Waals surface area contributed by atoms with Crippen LogP contribution in [0.4, 0.5) is 13.2 Å². The maximum Gasteiger partial charge on any atom is 0.408 e. The Morgan fingerprint density at radius 1 is 1.14 bits per heavy atom. The zero-order valence-electron chi connectivity index (χ0n) is 11.1. The van der Waals surface area contributed by atoms with Crippen LogP contribution in [0.5, 0.6) is 5.75 Å². The van der Waals surface area contributed by atoms with Crippen molar-refractivity contribution < 1.29 is 18.3 Å². The van der Waals surface area contributed by atoms with E-state index >= 15 is 0 Å². The van der Waals surface area contributed by atoms with E-state index < -0.39 is 12.2 Å². The van der Waals surface area contributed by atoms with Gasteiger partial charge in [0.25, 0.3) is 0 Å². The lowest BCUT2D eigenvalue weighted by atomic mass is 10.0. The Labute approximate surface area is 157 Å². The number of alkyl halides is 3. The second-order valence-electron chi connectivity index (χ2n) is 4.65. The molecule has 1 aromatic carbocycles. The third-order valence-electron chi connectivity index (χ3n) is 3.28. The number of hydrogen-bond acceptors (Lipinski definition) is 3. The van der Waals surface area contributed by atoms with Gasteiger partial charge >= 0.3 is 6.18 Å². The van der Waals surface area contributed by atoms with E-state index in [1.54, 1.807) is 0 Å². The van der Waals surface area contributed by atoms with Gasteiger partial charge < -0.3 is 10.4 Å². The van der Waals surface area contributed by atoms with E-state index in [4.69, 9.17) is 0 Å². The highest BCUT2D eigenvalue weighted by molar-refractivity contribution is 9.11. The number of nitrogens with one attached hydrogen (secondary N) is 1. The first-order valence-electron chi connectivity index (χ1n) is 6.11. The van der Waals surface area contributed by atoms with Gasteiger partial charge in [0.05, 0.1) is 8.95 Å². The Morgan fingerprint density at radius 2 is 1.68 bits per heavy atom. The predicted molar refractivity (Wildman–Crippen MR) is 91.7 cm³/mol. The van der Waals surface area contributed by atoms with Crippen LogP contribution in [0.15, 0.2) is 19.5 Å². The molecule has 0 saturated carbocycles. The lowest BCUT2D eigenvalue weighted by Crippen LogP contribution is -2.49. The summed E-state index contributed by atoms with van der Waals surface area (Å²) < 4.78 is 41.4. The van der Waals surface area contributed by atoms with Gasteiger partial charge in [-0.1, -0.05) is 15.9 Å². The monoisotopic (exact) mass is 530 g/mol. The molecule has 1 aliphatic rings. The van der Waals surface area contributed by atoms with Crippen LogP contribution in [0.3, 0.4) is 0 Å². The summed E-state index contributed by atoms with van der Waals surface area (Å²) in [7, 11) is 0. The summed E-state index contributed by atoms with van der Waals surface area (Å²) in [6.45, 7) is 1.59. The number of phenolic OH excluding ortho intramolecular Hbond substituents is 1. The van der Waals surface area contributed by atoms with Crippen molar-refractivity contribution in [3.63, 3.8) is 0 Å². The van der Waals surface area contributed by atoms with E-state index in [9.17, 15) is 18.3 Å². The molecule has 0 bridgehead atoms. The number of benzene rings is 1. The molecular weight excluding hydrogens is 520 g/mol. The first kappa shape index (κ1) is 20.5. The largest absolute Gasteiger partial charge is 0.506 e. The molecule has 0 aromatic heterocycles. The van der Waals surface area contributed by atoms with E-state index in [-0.39, 0.29) is 28.2 Å². The van der Waals surface area contributed by atoms with Crippen LogP contribution in [-0.2, 0) is 0 Å². The zero-order chi connectivity index (χ0) is 15.8. The van der Waals surface area contributed by atoms with Gasteiger partial charge in [0.1, 0.15) is 11.8 Å². The molecule has 126 valence electrons. The minimum Gasteiger partial charge on any atom is -0.506 e. The molecule has 2 N–H and O–H groups in total. The second-order valence-corrected chi connectivity index (χ2v) is 7.15. The minimum absolute atomic E-state index is 0. The highest BCUT2D eigenvalue weighted by Crippen LogP contribution is 2.48. The van der Waals surface area contributed by atoms with Gasteiger partial charge in [0.2, 0.25) is 0 Å². The van der Waals surface area contributed by atoms with E-state index in [0.717, 1.165) is 0 Å². The summed E-state index contributed by atoms with van der Waals surface area (Å²) in [5.41, 5.74) is -0.00917. The molecule has 0 radical (unpaired) electrons. The van der Waals surface area contributed by atoms with Gasteiger partial charge in [-0.25, -0.2) is 0 Å². The average molecular weight is 533 g/mol. The van der Waals surface area contributed by atoms with Crippen molar-refractivity contribution in [2.45, 2.75) is 12.2 Å². The SMILES string of the molecule is Cl.Oc1c(Br)cc(Br)c([C@@H](N2CCNCC2)C(F)(F)F)c1Br. The molecule has 0 amide bonds. The summed E-state index contributed by atoms with van der Waals surface area (Å²) in [6.07, 6.45) is -4.44. The van der Waals surface area contributed by atoms with E-state index in [1.165, 1.54) is 11.0 Å². The van der Waals surface area contributed by atoms with Crippen molar-refractivity contribution in [3.05, 3.63) is 25.0 Å². The van der Waals surface area contributed by atoms with E-state index in [1.807, 2.05) is 0 Å². The molecule has 0 spiro atoms. The van der Waals surface area contributed by atoms with Crippen LogP contribution in [0, 0.1) is 0 Å². The van der Waals surface area contributed by atoms with Gasteiger partial charge in [-0.15, -0.1) is 12.4 Å². The molecule has 10 heteroatoms. The van der Waals surface area contributed by atoms with Crippen LogP contribution >= 0.6 is 60.2 Å². The third-order valence-corrected chi connectivity index (χ3v) is 5.34. The Balaban J connectivity index is 0.00000242. The Morgan fingerprint density at radius 3 is 2.18 bits per heavy atom. The van der Waals surface area contributed by atoms with Crippen LogP contribution in [0.1, 0.15) is 11.6 Å². The van der Waals surface area contributed by atoms with Gasteiger partial charge in [0, 0.05) is 36.2 Å². The topological polar surface area (TPSA) is 35.5 Å². The fourth-order valence-electron chi connectivity index (χ4n) is 2.34. The number of nitrogens with zero attached hydrogens (tertiary/aromatic N) is 1. The second kappa shape index (κ2) is 8.02. The first-order chi connectivity index (χ1) is 9.73. The zero-order valence-corrected chi connectivity index (χ0v) is 16.6. The first-order valence-corrected chi connectivity index (χ1v) is 8.49. The van der Waals surface area contributed by atoms with Crippen LogP contribution in [0.2, 0.25) is 0 Å². The molecule has 1 aliphatic heterocycles. The van der Waals surface area contributed by atoms with Gasteiger partial charge in [-0.05, 0) is 37.9 Å². The molecule has 0 unspecified atom stereocenters. The van der Waals surface area contributed by atoms with Crippen molar-refractivity contribution in [2.24, 2.45) is 0 Å². The maximum atomic E-state index is 13.6. The summed E-state index contributed by atoms with van der Waals surface area (Å²) >= 11 is 9.38. The van der Waals surface area contributed by atoms with Gasteiger partial charge in [0.15, 0.2) is 0 Å². The highest BCUT2D eigenvalue weighted by Gasteiger charge is 2.47. The molecular formula is C12H13Br3ClF3N2O. The summed E-state index contributed by atoms with van der Waals surface area (Å²) in [6, 6.07) is -0.349. The number of halogens is 7. The quantitative estimate of drug-likeness (QED) is 0.583. The van der Waals surface area contributed by atoms with Crippen molar-refractivity contribution in [3.8, 4) is 5.75 Å². The molecule has 1 atom stereocenters. The lowest BCUT2D eigenvalue weighted by Gasteiger charge is -2.37. The van der Waals surface area contributed by atoms with Crippen LogP contribution < -0.4 is 5.32 Å². The molecule has 3 nitrogen and oxygen atoms in total. The van der Waals surface area contributed by atoms with Gasteiger partial charge in [-0.2, -0.15) is 13.2 Å². The maximum absolute atomic E-state index is 13.6. The molecule has 1 aromatic rings. The summed E-state index contributed by atoms with van der Waals surface area (Å²) in [5.74, 6) is -0.238. The van der Waals surface area contributed by atoms with Crippen LogP contribution in [0.25, 0.3) is 0 Å². The molecule has 22 heavy (non-hydrogen) atoms. The molecule has 1 fully saturated rings. The summed E-state index contributed by atoms with van der Waals surface area (Å²) in [4.78, 5) is 1.37. The fraction of sp³-hybridized carbons (Fsp3) is 0.500. The van der Waals surface area contributed by atoms with Crippen LogP contribution in [-0.4, -0.2) is 42.4 Å². The molecule has 1 heterocycles. The lowest BCUT2D eigenvalue weighted by molar-refractivity contribution is -0.188. The number of piperazine rings is 1. The van der Waals surface area contributed by atoms with E-state index in [0.29, 0.717) is 35.1 Å². The molecule has 0 aliphatic carbocycles. The number of rotatable bonds is 2. The third kappa shape index (κ3) is 4.30. The minimum atomic E-state index is -4.44. The number of aromatic hydroxyl groups is 1. The average Bonchev–Trinajstić information content (AvgIpc) is 2.40. The van der Waals surface area contributed by atoms with Crippen molar-refractivity contribution in [2.75, 3.05) is 26.2 Å². The van der Waals surface area contributed by atoms with Crippen molar-refractivity contribution >= 4 is 60.2 Å². The smallest absolute Gasteiger partial charge is 0.408 e. The summed E-state index contributed by atoms with van der Waals surface area (Å²) in [5, 5.41) is 12.9. The molecule has 2 rings (SSSR count). The Hall–Kier alpha value is 0.460. The number of hydrogen-bond donors (Lipinski definition) is 2. The van der Waals surface area contributed by atoms with Crippen molar-refractivity contribution in [1.82, 2.24) is 10.2 Å².